The normalized spacial score (nSPS) is 14.3. The number of hydrogen-bond acceptors (Lipinski definition) is 7. The molecule has 1 N–H and O–H groups in total. The van der Waals surface area contributed by atoms with Crippen molar-refractivity contribution in [1.82, 2.24) is 0 Å². The molecular weight excluding hydrogens is 467 g/mol. The zero-order valence-corrected chi connectivity index (χ0v) is 20.9. The molecule has 0 aromatic heterocycles. The Labute approximate surface area is 182 Å². The fourth-order valence-electron chi connectivity index (χ4n) is 3.52. The number of aliphatic hydroxyl groups is 1. The maximum Gasteiger partial charge on any atom is 0.500 e. The third-order valence-corrected chi connectivity index (χ3v) is 10.8. The average Bonchev–Trinajstić information content (AvgIpc) is 2.67. The topological polar surface area (TPSA) is 75.6 Å². The zero-order chi connectivity index (χ0) is 24.4. The minimum absolute atomic E-state index is 0.155. The molecule has 0 spiro atoms. The molecule has 7 nitrogen and oxygen atoms in total. The van der Waals surface area contributed by atoms with Crippen molar-refractivity contribution >= 4 is 17.6 Å². The van der Waals surface area contributed by atoms with Gasteiger partial charge in [0.05, 0.1) is 5.60 Å². The quantitative estimate of drug-likeness (QED) is 0.238. The van der Waals surface area contributed by atoms with Gasteiger partial charge in [-0.25, -0.2) is 8.78 Å². The van der Waals surface area contributed by atoms with Crippen molar-refractivity contribution in [3.8, 4) is 0 Å². The number of alkyl halides is 5. The van der Waals surface area contributed by atoms with Gasteiger partial charge in [0, 0.05) is 61.2 Å². The van der Waals surface area contributed by atoms with Crippen molar-refractivity contribution in [3.63, 3.8) is 0 Å². The summed E-state index contributed by atoms with van der Waals surface area (Å²) in [6.07, 6.45) is -8.76. The van der Waals surface area contributed by atoms with Gasteiger partial charge in [0.25, 0.3) is 5.92 Å². The van der Waals surface area contributed by atoms with Crippen LogP contribution in [0.25, 0.3) is 0 Å². The second kappa shape index (κ2) is 12.9. The summed E-state index contributed by atoms with van der Waals surface area (Å²) < 4.78 is 97.5. The van der Waals surface area contributed by atoms with Crippen LogP contribution in [0.15, 0.2) is 0 Å². The summed E-state index contributed by atoms with van der Waals surface area (Å²) in [5.74, 6) is -4.12. The summed E-state index contributed by atoms with van der Waals surface area (Å²) in [5.41, 5.74) is -2.06. The van der Waals surface area contributed by atoms with Gasteiger partial charge < -0.3 is 31.7 Å². The molecule has 31 heavy (non-hydrogen) atoms. The van der Waals surface area contributed by atoms with Crippen LogP contribution >= 0.6 is 0 Å². The van der Waals surface area contributed by atoms with E-state index in [9.17, 15) is 27.1 Å². The molecule has 0 saturated carbocycles. The molecule has 0 aliphatic rings. The lowest BCUT2D eigenvalue weighted by atomic mass is 9.85. The lowest BCUT2D eigenvalue weighted by molar-refractivity contribution is -0.202. The van der Waals surface area contributed by atoms with Gasteiger partial charge in [-0.3, -0.25) is 0 Å². The second-order valence-electron chi connectivity index (χ2n) is 7.35. The first kappa shape index (κ1) is 30.8. The molecule has 0 aromatic carbocycles. The van der Waals surface area contributed by atoms with Crippen molar-refractivity contribution in [3.05, 3.63) is 0 Å². The Morgan fingerprint density at radius 1 is 0.613 bits per heavy atom. The second-order valence-corrected chi connectivity index (χ2v) is 13.5. The maximum atomic E-state index is 14.1. The van der Waals surface area contributed by atoms with Crippen LogP contribution in [0, 0.1) is 0 Å². The number of halogens is 5. The predicted molar refractivity (Wildman–Crippen MR) is 107 cm³/mol. The Morgan fingerprint density at radius 2 is 0.935 bits per heavy atom. The molecule has 0 atom stereocenters. The maximum absolute atomic E-state index is 14.1. The molecule has 0 aromatic rings. The van der Waals surface area contributed by atoms with Crippen LogP contribution in [-0.2, 0) is 26.6 Å². The van der Waals surface area contributed by atoms with Gasteiger partial charge in [-0.2, -0.15) is 13.2 Å². The van der Waals surface area contributed by atoms with Gasteiger partial charge >= 0.3 is 23.8 Å². The van der Waals surface area contributed by atoms with Crippen LogP contribution < -0.4 is 0 Å². The molecular formula is C17H35F5O7Si2. The van der Waals surface area contributed by atoms with E-state index in [1.807, 2.05) is 0 Å². The summed E-state index contributed by atoms with van der Waals surface area (Å²) in [7, 11) is 2.25. The molecule has 0 heterocycles. The van der Waals surface area contributed by atoms with Gasteiger partial charge in [0.15, 0.2) is 0 Å². The van der Waals surface area contributed by atoms with Crippen LogP contribution in [-0.4, -0.2) is 83.1 Å². The van der Waals surface area contributed by atoms with E-state index in [4.69, 9.17) is 26.6 Å². The first-order valence-corrected chi connectivity index (χ1v) is 13.5. The van der Waals surface area contributed by atoms with Crippen LogP contribution in [0.4, 0.5) is 22.0 Å². The SMILES string of the molecule is CO[Si](CCCC(O)(CCC[Si](OC)(OC)OC)CC(F)(F)CC(F)(F)F)(OC)OC. The van der Waals surface area contributed by atoms with Crippen LogP contribution in [0.2, 0.25) is 12.1 Å². The lowest BCUT2D eigenvalue weighted by Gasteiger charge is -2.34. The van der Waals surface area contributed by atoms with Crippen molar-refractivity contribution < 1.29 is 53.6 Å². The van der Waals surface area contributed by atoms with E-state index in [-0.39, 0.29) is 37.8 Å². The molecule has 0 aliphatic heterocycles. The van der Waals surface area contributed by atoms with E-state index in [1.54, 1.807) is 0 Å². The molecule has 14 heteroatoms. The molecule has 188 valence electrons. The van der Waals surface area contributed by atoms with Crippen LogP contribution in [0.5, 0.6) is 0 Å². The minimum atomic E-state index is -5.06. The zero-order valence-electron chi connectivity index (χ0n) is 18.9. The summed E-state index contributed by atoms with van der Waals surface area (Å²) in [6.45, 7) is 0. The molecule has 0 saturated heterocycles. The molecule has 0 fully saturated rings. The Hall–Kier alpha value is -0.196. The van der Waals surface area contributed by atoms with Gasteiger partial charge in [-0.05, 0) is 25.7 Å². The van der Waals surface area contributed by atoms with Gasteiger partial charge in [0.1, 0.15) is 6.42 Å². The Bertz CT molecular complexity index is 461. The van der Waals surface area contributed by atoms with Gasteiger partial charge in [-0.1, -0.05) is 0 Å². The van der Waals surface area contributed by atoms with Crippen molar-refractivity contribution in [1.29, 1.82) is 0 Å². The Balaban J connectivity index is 5.36. The monoisotopic (exact) mass is 502 g/mol. The smallest absolute Gasteiger partial charge is 0.390 e. The fraction of sp³-hybridized carbons (Fsp3) is 1.00. The molecule has 0 bridgehead atoms. The van der Waals surface area contributed by atoms with Crippen LogP contribution in [0.3, 0.4) is 0 Å². The van der Waals surface area contributed by atoms with E-state index < -0.39 is 48.2 Å². The average molecular weight is 503 g/mol. The van der Waals surface area contributed by atoms with E-state index in [0.29, 0.717) is 0 Å². The van der Waals surface area contributed by atoms with Crippen molar-refractivity contribution in [2.75, 3.05) is 42.7 Å². The molecule has 0 unspecified atom stereocenters. The minimum Gasteiger partial charge on any atom is -0.390 e. The summed E-state index contributed by atoms with van der Waals surface area (Å²) in [5, 5.41) is 10.9. The molecule has 0 radical (unpaired) electrons. The highest BCUT2D eigenvalue weighted by atomic mass is 28.4. The molecule has 0 amide bonds. The highest BCUT2D eigenvalue weighted by Crippen LogP contribution is 2.41. The van der Waals surface area contributed by atoms with Crippen molar-refractivity contribution in [2.24, 2.45) is 0 Å². The van der Waals surface area contributed by atoms with Crippen molar-refractivity contribution in [2.45, 2.75) is 68.3 Å². The fourth-order valence-corrected chi connectivity index (χ4v) is 6.96. The Kier molecular flexibility index (Phi) is 12.8. The first-order chi connectivity index (χ1) is 14.2. The van der Waals surface area contributed by atoms with E-state index in [0.717, 1.165) is 0 Å². The molecule has 0 aliphatic carbocycles. The van der Waals surface area contributed by atoms with E-state index in [2.05, 4.69) is 0 Å². The van der Waals surface area contributed by atoms with Gasteiger partial charge in [0.2, 0.25) is 0 Å². The molecule has 0 rings (SSSR count). The largest absolute Gasteiger partial charge is 0.500 e. The summed E-state index contributed by atoms with van der Waals surface area (Å²) in [6, 6.07) is 0.410. The third kappa shape index (κ3) is 11.0. The lowest BCUT2D eigenvalue weighted by Crippen LogP contribution is -2.45. The number of hydrogen-bond donors (Lipinski definition) is 1. The van der Waals surface area contributed by atoms with E-state index >= 15 is 0 Å². The summed E-state index contributed by atoms with van der Waals surface area (Å²) >= 11 is 0. The highest BCUT2D eigenvalue weighted by molar-refractivity contribution is 6.60. The van der Waals surface area contributed by atoms with Crippen LogP contribution in [0.1, 0.15) is 38.5 Å². The highest BCUT2D eigenvalue weighted by Gasteiger charge is 2.49. The Morgan fingerprint density at radius 3 is 1.19 bits per heavy atom. The van der Waals surface area contributed by atoms with E-state index in [1.165, 1.54) is 42.7 Å². The predicted octanol–water partition coefficient (Wildman–Crippen LogP) is 4.01. The summed E-state index contributed by atoms with van der Waals surface area (Å²) in [4.78, 5) is 0. The standard InChI is InChI=1S/C17H35F5O7Si2/c1-24-30(25-2,26-3)11-7-9-15(23,13-16(18,19)14-17(20,21)22)10-8-12-31(27-4,28-5)29-6/h23H,7-14H2,1-6H3. The van der Waals surface area contributed by atoms with Gasteiger partial charge in [-0.15, -0.1) is 0 Å². The first-order valence-electron chi connectivity index (χ1n) is 9.67. The number of rotatable bonds is 17. The third-order valence-electron chi connectivity index (χ3n) is 5.16.